The smallest absolute Gasteiger partial charge is 0.255 e. The number of carbonyl (C=O) groups is 1. The highest BCUT2D eigenvalue weighted by Gasteiger charge is 2.08. The highest BCUT2D eigenvalue weighted by atomic mass is 16.3. The molecular formula is C22H29NO2. The second kappa shape index (κ2) is 10.5. The summed E-state index contributed by atoms with van der Waals surface area (Å²) in [6.45, 7) is 2.24. The van der Waals surface area contributed by atoms with Crippen LogP contribution in [0.2, 0.25) is 0 Å². The van der Waals surface area contributed by atoms with Crippen molar-refractivity contribution in [3.05, 3.63) is 59.7 Å². The van der Waals surface area contributed by atoms with Crippen LogP contribution < -0.4 is 5.32 Å². The standard InChI is InChI=1S/C22H29NO2/c1-2-3-4-5-6-7-8-11-18-14-16-19(17-15-18)22(25)23-20-12-9-10-13-21(20)24/h9-10,12-17,24H,2-8,11H2,1H3,(H,23,25). The Morgan fingerprint density at radius 1 is 0.880 bits per heavy atom. The Balaban J connectivity index is 1.75. The number of aromatic hydroxyl groups is 1. The van der Waals surface area contributed by atoms with Gasteiger partial charge in [0.25, 0.3) is 5.91 Å². The van der Waals surface area contributed by atoms with Gasteiger partial charge in [-0.25, -0.2) is 0 Å². The minimum absolute atomic E-state index is 0.0754. The van der Waals surface area contributed by atoms with Crippen LogP contribution in [0.4, 0.5) is 5.69 Å². The van der Waals surface area contributed by atoms with E-state index in [1.54, 1.807) is 24.3 Å². The summed E-state index contributed by atoms with van der Waals surface area (Å²) in [7, 11) is 0. The van der Waals surface area contributed by atoms with Crippen molar-refractivity contribution in [2.24, 2.45) is 0 Å². The van der Waals surface area contributed by atoms with Gasteiger partial charge in [-0.15, -0.1) is 0 Å². The maximum atomic E-state index is 12.2. The fourth-order valence-corrected chi connectivity index (χ4v) is 2.88. The van der Waals surface area contributed by atoms with Crippen LogP contribution in [0.5, 0.6) is 5.75 Å². The number of unbranched alkanes of at least 4 members (excludes halogenated alkanes) is 6. The molecule has 134 valence electrons. The largest absolute Gasteiger partial charge is 0.506 e. The van der Waals surface area contributed by atoms with Crippen molar-refractivity contribution in [3.8, 4) is 5.75 Å². The van der Waals surface area contributed by atoms with E-state index in [2.05, 4.69) is 12.2 Å². The summed E-state index contributed by atoms with van der Waals surface area (Å²) >= 11 is 0. The first kappa shape index (κ1) is 19.0. The van der Waals surface area contributed by atoms with E-state index in [0.29, 0.717) is 11.3 Å². The molecule has 0 atom stereocenters. The van der Waals surface area contributed by atoms with Crippen LogP contribution in [0.25, 0.3) is 0 Å². The molecule has 0 bridgehead atoms. The molecule has 2 N–H and O–H groups in total. The maximum absolute atomic E-state index is 12.2. The SMILES string of the molecule is CCCCCCCCCc1ccc(C(=O)Nc2ccccc2O)cc1. The third-order valence-electron chi connectivity index (χ3n) is 4.44. The third kappa shape index (κ3) is 6.61. The zero-order valence-corrected chi connectivity index (χ0v) is 15.1. The van der Waals surface area contributed by atoms with E-state index in [1.165, 1.54) is 50.5 Å². The predicted octanol–water partition coefficient (Wildman–Crippen LogP) is 5.94. The van der Waals surface area contributed by atoms with Gasteiger partial charge in [0.15, 0.2) is 0 Å². The number of amides is 1. The van der Waals surface area contributed by atoms with Gasteiger partial charge in [-0.2, -0.15) is 0 Å². The van der Waals surface area contributed by atoms with Gasteiger partial charge in [-0.1, -0.05) is 69.7 Å². The van der Waals surface area contributed by atoms with Gasteiger partial charge in [0.05, 0.1) is 5.69 Å². The van der Waals surface area contributed by atoms with Crippen LogP contribution in [0.3, 0.4) is 0 Å². The normalized spacial score (nSPS) is 10.6. The van der Waals surface area contributed by atoms with E-state index in [1.807, 2.05) is 24.3 Å². The fourth-order valence-electron chi connectivity index (χ4n) is 2.88. The van der Waals surface area contributed by atoms with E-state index in [0.717, 1.165) is 6.42 Å². The number of carbonyl (C=O) groups excluding carboxylic acids is 1. The van der Waals surface area contributed by atoms with Gasteiger partial charge in [0.2, 0.25) is 0 Å². The van der Waals surface area contributed by atoms with Crippen molar-refractivity contribution >= 4 is 11.6 Å². The Morgan fingerprint density at radius 3 is 2.20 bits per heavy atom. The van der Waals surface area contributed by atoms with Crippen LogP contribution in [-0.4, -0.2) is 11.0 Å². The maximum Gasteiger partial charge on any atom is 0.255 e. The number of rotatable bonds is 10. The Hall–Kier alpha value is -2.29. The summed E-state index contributed by atoms with van der Waals surface area (Å²) in [6, 6.07) is 14.5. The number of benzene rings is 2. The quantitative estimate of drug-likeness (QED) is 0.416. The lowest BCUT2D eigenvalue weighted by atomic mass is 10.0. The molecule has 0 aliphatic rings. The van der Waals surface area contributed by atoms with E-state index in [-0.39, 0.29) is 11.7 Å². The summed E-state index contributed by atoms with van der Waals surface area (Å²) < 4.78 is 0. The molecule has 2 rings (SSSR count). The number of phenols is 1. The third-order valence-corrected chi connectivity index (χ3v) is 4.44. The average molecular weight is 339 g/mol. The predicted molar refractivity (Wildman–Crippen MR) is 104 cm³/mol. The molecule has 0 saturated carbocycles. The molecule has 0 aliphatic heterocycles. The summed E-state index contributed by atoms with van der Waals surface area (Å²) in [6.07, 6.45) is 10.2. The number of hydrogen-bond acceptors (Lipinski definition) is 2. The van der Waals surface area contributed by atoms with Crippen LogP contribution in [-0.2, 0) is 6.42 Å². The minimum Gasteiger partial charge on any atom is -0.506 e. The Bertz CT molecular complexity index is 649. The van der Waals surface area contributed by atoms with Crippen molar-refractivity contribution in [1.82, 2.24) is 0 Å². The minimum atomic E-state index is -0.205. The van der Waals surface area contributed by atoms with Crippen molar-refractivity contribution in [1.29, 1.82) is 0 Å². The van der Waals surface area contributed by atoms with Gasteiger partial charge < -0.3 is 10.4 Å². The second-order valence-corrected chi connectivity index (χ2v) is 6.54. The van der Waals surface area contributed by atoms with Crippen molar-refractivity contribution in [3.63, 3.8) is 0 Å². The molecule has 0 radical (unpaired) electrons. The lowest BCUT2D eigenvalue weighted by Crippen LogP contribution is -2.11. The molecule has 1 amide bonds. The second-order valence-electron chi connectivity index (χ2n) is 6.54. The van der Waals surface area contributed by atoms with Crippen LogP contribution in [0.15, 0.2) is 48.5 Å². The first-order valence-corrected chi connectivity index (χ1v) is 9.39. The fraction of sp³-hybridized carbons (Fsp3) is 0.409. The van der Waals surface area contributed by atoms with E-state index < -0.39 is 0 Å². The molecule has 0 saturated heterocycles. The molecule has 3 heteroatoms. The van der Waals surface area contributed by atoms with Crippen LogP contribution in [0, 0.1) is 0 Å². The van der Waals surface area contributed by atoms with Gasteiger partial charge >= 0.3 is 0 Å². The van der Waals surface area contributed by atoms with Gasteiger partial charge in [0, 0.05) is 5.56 Å². The van der Waals surface area contributed by atoms with Gasteiger partial charge in [-0.05, 0) is 42.7 Å². The molecule has 0 spiro atoms. The Kier molecular flexibility index (Phi) is 8.03. The van der Waals surface area contributed by atoms with Crippen molar-refractivity contribution in [2.75, 3.05) is 5.32 Å². The van der Waals surface area contributed by atoms with Gasteiger partial charge in [-0.3, -0.25) is 4.79 Å². The summed E-state index contributed by atoms with van der Waals surface area (Å²) in [5.41, 5.74) is 2.30. The molecule has 3 nitrogen and oxygen atoms in total. The topological polar surface area (TPSA) is 49.3 Å². The highest BCUT2D eigenvalue weighted by molar-refractivity contribution is 6.04. The van der Waals surface area contributed by atoms with Crippen molar-refractivity contribution < 1.29 is 9.90 Å². The highest BCUT2D eigenvalue weighted by Crippen LogP contribution is 2.22. The summed E-state index contributed by atoms with van der Waals surface area (Å²) in [4.78, 5) is 12.2. The summed E-state index contributed by atoms with van der Waals surface area (Å²) in [5.74, 6) is -0.129. The Labute approximate surface area is 151 Å². The number of hydrogen-bond donors (Lipinski definition) is 2. The molecule has 0 fully saturated rings. The molecule has 2 aromatic rings. The molecular weight excluding hydrogens is 310 g/mol. The molecule has 0 aliphatic carbocycles. The first-order chi connectivity index (χ1) is 12.2. The van der Waals surface area contributed by atoms with E-state index in [9.17, 15) is 9.90 Å². The number of para-hydroxylation sites is 2. The molecule has 2 aromatic carbocycles. The zero-order valence-electron chi connectivity index (χ0n) is 15.1. The summed E-state index contributed by atoms with van der Waals surface area (Å²) in [5, 5.41) is 12.5. The molecule has 25 heavy (non-hydrogen) atoms. The van der Waals surface area contributed by atoms with Gasteiger partial charge in [0.1, 0.15) is 5.75 Å². The van der Waals surface area contributed by atoms with Crippen LogP contribution >= 0.6 is 0 Å². The lowest BCUT2D eigenvalue weighted by Gasteiger charge is -2.08. The number of anilines is 1. The first-order valence-electron chi connectivity index (χ1n) is 9.39. The Morgan fingerprint density at radius 2 is 1.52 bits per heavy atom. The molecule has 0 aromatic heterocycles. The zero-order chi connectivity index (χ0) is 17.9. The molecule has 0 unspecified atom stereocenters. The number of nitrogens with one attached hydrogen (secondary N) is 1. The van der Waals surface area contributed by atoms with Crippen molar-refractivity contribution in [2.45, 2.75) is 58.3 Å². The van der Waals surface area contributed by atoms with E-state index in [4.69, 9.17) is 0 Å². The number of phenolic OH excluding ortho intramolecular Hbond substituents is 1. The average Bonchev–Trinajstić information content (AvgIpc) is 2.63. The molecule has 0 heterocycles. The van der Waals surface area contributed by atoms with E-state index >= 15 is 0 Å². The monoisotopic (exact) mass is 339 g/mol. The lowest BCUT2D eigenvalue weighted by molar-refractivity contribution is 0.102. The number of aryl methyl sites for hydroxylation is 1. The van der Waals surface area contributed by atoms with Crippen LogP contribution in [0.1, 0.15) is 67.8 Å².